The minimum absolute atomic E-state index is 0.0187. The molecule has 1 aliphatic carbocycles. The summed E-state index contributed by atoms with van der Waals surface area (Å²) < 4.78 is 14.5. The van der Waals surface area contributed by atoms with E-state index in [4.69, 9.17) is 0 Å². The Labute approximate surface area is 139 Å². The second-order valence-corrected chi connectivity index (χ2v) is 6.63. The summed E-state index contributed by atoms with van der Waals surface area (Å²) in [7, 11) is 0. The van der Waals surface area contributed by atoms with Gasteiger partial charge in [0.1, 0.15) is 5.82 Å². The maximum Gasteiger partial charge on any atom is 0.126 e. The highest BCUT2D eigenvalue weighted by molar-refractivity contribution is 5.51. The zero-order chi connectivity index (χ0) is 16.2. The molecule has 120 valence electrons. The molecule has 0 N–H and O–H groups in total. The molecule has 0 radical (unpaired) electrons. The Kier molecular flexibility index (Phi) is 4.95. The van der Waals surface area contributed by atoms with Crippen molar-refractivity contribution in [3.63, 3.8) is 0 Å². The summed E-state index contributed by atoms with van der Waals surface area (Å²) in [6.45, 7) is 6.00. The topological polar surface area (TPSA) is 0 Å². The number of fused-ring (bicyclic) bond motifs is 1. The summed E-state index contributed by atoms with van der Waals surface area (Å²) in [5, 5.41) is 0. The SMILES string of the molecule is C=Cc1ccc2c(c1)CCC(c1ccc(CCCC)cc1F)C2. The van der Waals surface area contributed by atoms with E-state index in [1.165, 1.54) is 16.7 Å². The van der Waals surface area contributed by atoms with E-state index >= 15 is 0 Å². The second-order valence-electron chi connectivity index (χ2n) is 6.63. The molecule has 2 aromatic carbocycles. The van der Waals surface area contributed by atoms with Gasteiger partial charge in [-0.1, -0.05) is 56.3 Å². The van der Waals surface area contributed by atoms with Crippen molar-refractivity contribution in [1.29, 1.82) is 0 Å². The second kappa shape index (κ2) is 7.12. The highest BCUT2D eigenvalue weighted by Crippen LogP contribution is 2.34. The van der Waals surface area contributed by atoms with Gasteiger partial charge in [0, 0.05) is 0 Å². The molecule has 0 heterocycles. The molecule has 3 rings (SSSR count). The number of hydrogen-bond donors (Lipinski definition) is 0. The van der Waals surface area contributed by atoms with E-state index in [9.17, 15) is 4.39 Å². The van der Waals surface area contributed by atoms with Crippen molar-refractivity contribution in [2.75, 3.05) is 0 Å². The first-order valence-corrected chi connectivity index (χ1v) is 8.73. The number of benzene rings is 2. The molecule has 0 aromatic heterocycles. The fraction of sp³-hybridized carbons (Fsp3) is 0.364. The normalized spacial score (nSPS) is 16.9. The number of hydrogen-bond acceptors (Lipinski definition) is 0. The molecule has 0 saturated carbocycles. The summed E-state index contributed by atoms with van der Waals surface area (Å²) in [5.41, 5.74) is 5.96. The zero-order valence-corrected chi connectivity index (χ0v) is 13.9. The highest BCUT2D eigenvalue weighted by Gasteiger charge is 2.22. The van der Waals surface area contributed by atoms with Crippen LogP contribution >= 0.6 is 0 Å². The average Bonchev–Trinajstić information content (AvgIpc) is 2.59. The van der Waals surface area contributed by atoms with Gasteiger partial charge in [0.25, 0.3) is 0 Å². The first-order chi connectivity index (χ1) is 11.2. The Morgan fingerprint density at radius 3 is 2.78 bits per heavy atom. The number of halogens is 1. The van der Waals surface area contributed by atoms with Gasteiger partial charge >= 0.3 is 0 Å². The smallest absolute Gasteiger partial charge is 0.126 e. The third kappa shape index (κ3) is 3.55. The van der Waals surface area contributed by atoms with E-state index in [1.807, 2.05) is 12.1 Å². The van der Waals surface area contributed by atoms with Crippen molar-refractivity contribution >= 4 is 6.08 Å². The lowest BCUT2D eigenvalue weighted by Gasteiger charge is -2.26. The van der Waals surface area contributed by atoms with Crippen molar-refractivity contribution in [1.82, 2.24) is 0 Å². The van der Waals surface area contributed by atoms with E-state index in [0.717, 1.165) is 49.7 Å². The van der Waals surface area contributed by atoms with Gasteiger partial charge in [0.15, 0.2) is 0 Å². The molecule has 0 aliphatic heterocycles. The fourth-order valence-corrected chi connectivity index (χ4v) is 3.61. The van der Waals surface area contributed by atoms with Gasteiger partial charge < -0.3 is 0 Å². The summed E-state index contributed by atoms with van der Waals surface area (Å²) in [4.78, 5) is 0. The van der Waals surface area contributed by atoms with E-state index in [2.05, 4.69) is 37.8 Å². The van der Waals surface area contributed by atoms with Gasteiger partial charge in [0.2, 0.25) is 0 Å². The molecular formula is C22H25F. The van der Waals surface area contributed by atoms with Crippen LogP contribution in [-0.4, -0.2) is 0 Å². The van der Waals surface area contributed by atoms with Crippen LogP contribution in [0.15, 0.2) is 43.0 Å². The first kappa shape index (κ1) is 16.0. The van der Waals surface area contributed by atoms with Crippen LogP contribution in [0, 0.1) is 5.82 Å². The van der Waals surface area contributed by atoms with Crippen molar-refractivity contribution in [2.45, 2.75) is 51.4 Å². The number of aryl methyl sites for hydroxylation is 2. The Hall–Kier alpha value is -1.89. The van der Waals surface area contributed by atoms with Crippen LogP contribution < -0.4 is 0 Å². The molecule has 0 fully saturated rings. The van der Waals surface area contributed by atoms with Gasteiger partial charge in [-0.25, -0.2) is 4.39 Å². The van der Waals surface area contributed by atoms with E-state index < -0.39 is 0 Å². The summed E-state index contributed by atoms with van der Waals surface area (Å²) >= 11 is 0. The van der Waals surface area contributed by atoms with Crippen LogP contribution in [0.4, 0.5) is 4.39 Å². The third-order valence-electron chi connectivity index (χ3n) is 5.02. The molecule has 1 atom stereocenters. The van der Waals surface area contributed by atoms with Crippen molar-refractivity contribution in [2.24, 2.45) is 0 Å². The minimum atomic E-state index is -0.0187. The summed E-state index contributed by atoms with van der Waals surface area (Å²) in [6.07, 6.45) is 8.14. The molecule has 0 amide bonds. The lowest BCUT2D eigenvalue weighted by Crippen LogP contribution is -2.14. The predicted octanol–water partition coefficient (Wildman–Crippen LogP) is 6.08. The maximum absolute atomic E-state index is 14.5. The maximum atomic E-state index is 14.5. The molecule has 0 nitrogen and oxygen atoms in total. The predicted molar refractivity (Wildman–Crippen MR) is 96.3 cm³/mol. The molecular weight excluding hydrogens is 283 g/mol. The van der Waals surface area contributed by atoms with Crippen LogP contribution in [0.5, 0.6) is 0 Å². The standard InChI is InChI=1S/C22H25F/c1-3-5-6-17-8-12-21(22(23)14-17)20-11-10-18-13-16(4-2)7-9-19(18)15-20/h4,7-9,12-14,20H,2-3,5-6,10-11,15H2,1H3. The van der Waals surface area contributed by atoms with Gasteiger partial charge in [-0.05, 0) is 71.9 Å². The molecule has 2 aromatic rings. The largest absolute Gasteiger partial charge is 0.207 e. The molecule has 0 spiro atoms. The van der Waals surface area contributed by atoms with Crippen molar-refractivity contribution < 1.29 is 4.39 Å². The van der Waals surface area contributed by atoms with E-state index in [-0.39, 0.29) is 5.82 Å². The van der Waals surface area contributed by atoms with Crippen LogP contribution in [0.2, 0.25) is 0 Å². The Morgan fingerprint density at radius 1 is 1.17 bits per heavy atom. The van der Waals surface area contributed by atoms with Gasteiger partial charge in [-0.2, -0.15) is 0 Å². The van der Waals surface area contributed by atoms with Gasteiger partial charge in [0.05, 0.1) is 0 Å². The minimum Gasteiger partial charge on any atom is -0.207 e. The lowest BCUT2D eigenvalue weighted by molar-refractivity contribution is 0.532. The molecule has 23 heavy (non-hydrogen) atoms. The third-order valence-corrected chi connectivity index (χ3v) is 5.02. The van der Waals surface area contributed by atoms with Gasteiger partial charge in [-0.15, -0.1) is 0 Å². The van der Waals surface area contributed by atoms with Crippen LogP contribution in [0.25, 0.3) is 6.08 Å². The van der Waals surface area contributed by atoms with Gasteiger partial charge in [-0.3, -0.25) is 0 Å². The molecule has 1 unspecified atom stereocenters. The van der Waals surface area contributed by atoms with Crippen molar-refractivity contribution in [3.8, 4) is 0 Å². The Balaban J connectivity index is 1.79. The number of rotatable bonds is 5. The molecule has 1 aliphatic rings. The quantitative estimate of drug-likeness (QED) is 0.627. The molecule has 1 heteroatoms. The Bertz CT molecular complexity index is 699. The van der Waals surface area contributed by atoms with E-state index in [0.29, 0.717) is 5.92 Å². The molecule has 0 saturated heterocycles. The monoisotopic (exact) mass is 308 g/mol. The fourth-order valence-electron chi connectivity index (χ4n) is 3.61. The lowest BCUT2D eigenvalue weighted by atomic mass is 9.79. The molecule has 0 bridgehead atoms. The van der Waals surface area contributed by atoms with Crippen LogP contribution in [-0.2, 0) is 19.3 Å². The first-order valence-electron chi connectivity index (χ1n) is 8.73. The number of unbranched alkanes of at least 4 members (excludes halogenated alkanes) is 1. The van der Waals surface area contributed by atoms with Crippen LogP contribution in [0.3, 0.4) is 0 Å². The highest BCUT2D eigenvalue weighted by atomic mass is 19.1. The van der Waals surface area contributed by atoms with Crippen molar-refractivity contribution in [3.05, 3.63) is 76.6 Å². The zero-order valence-electron chi connectivity index (χ0n) is 13.9. The van der Waals surface area contributed by atoms with Crippen LogP contribution in [0.1, 0.15) is 59.9 Å². The summed E-state index contributed by atoms with van der Waals surface area (Å²) in [6, 6.07) is 12.4. The Morgan fingerprint density at radius 2 is 2.04 bits per heavy atom. The van der Waals surface area contributed by atoms with E-state index in [1.54, 1.807) is 6.07 Å². The summed E-state index contributed by atoms with van der Waals surface area (Å²) in [5.74, 6) is 0.284. The average molecular weight is 308 g/mol.